The normalized spacial score (nSPS) is 10.8. The molecule has 0 fully saturated rings. The SMILES string of the molecule is COc1cccc(/C=C(\C#N)C(=O)Nc2ccc(Cl)cc2)c1OCc1ccccc1. The van der Waals surface area contributed by atoms with Crippen LogP contribution in [0.2, 0.25) is 5.02 Å². The number of nitriles is 1. The van der Waals surface area contributed by atoms with Gasteiger partial charge in [-0.15, -0.1) is 0 Å². The Morgan fingerprint density at radius 1 is 1.07 bits per heavy atom. The van der Waals surface area contributed by atoms with Gasteiger partial charge < -0.3 is 14.8 Å². The minimum absolute atomic E-state index is 0.0669. The molecule has 0 aliphatic rings. The fraction of sp³-hybridized carbons (Fsp3) is 0.0833. The van der Waals surface area contributed by atoms with Crippen LogP contribution >= 0.6 is 11.6 Å². The lowest BCUT2D eigenvalue weighted by atomic mass is 10.1. The summed E-state index contributed by atoms with van der Waals surface area (Å²) in [5.41, 5.74) is 2.02. The molecule has 0 aliphatic heterocycles. The summed E-state index contributed by atoms with van der Waals surface area (Å²) >= 11 is 5.86. The summed E-state index contributed by atoms with van der Waals surface area (Å²) in [6.07, 6.45) is 1.48. The molecule has 3 rings (SSSR count). The maximum absolute atomic E-state index is 12.6. The summed E-state index contributed by atoms with van der Waals surface area (Å²) in [6, 6.07) is 23.6. The monoisotopic (exact) mass is 418 g/mol. The van der Waals surface area contributed by atoms with E-state index in [4.69, 9.17) is 21.1 Å². The molecular formula is C24H19ClN2O3. The number of carbonyl (C=O) groups is 1. The molecule has 0 spiro atoms. The van der Waals surface area contributed by atoms with Crippen molar-refractivity contribution in [3.05, 3.63) is 94.5 Å². The van der Waals surface area contributed by atoms with Crippen molar-refractivity contribution < 1.29 is 14.3 Å². The molecule has 0 saturated heterocycles. The van der Waals surface area contributed by atoms with Crippen molar-refractivity contribution in [3.8, 4) is 17.6 Å². The molecule has 0 aromatic heterocycles. The van der Waals surface area contributed by atoms with Crippen LogP contribution in [0.1, 0.15) is 11.1 Å². The van der Waals surface area contributed by atoms with Crippen LogP contribution < -0.4 is 14.8 Å². The molecule has 0 radical (unpaired) electrons. The Kier molecular flexibility index (Phi) is 7.09. The summed E-state index contributed by atoms with van der Waals surface area (Å²) in [7, 11) is 1.54. The first-order valence-corrected chi connectivity index (χ1v) is 9.51. The van der Waals surface area contributed by atoms with E-state index in [1.807, 2.05) is 36.4 Å². The number of benzene rings is 3. The van der Waals surface area contributed by atoms with E-state index in [9.17, 15) is 10.1 Å². The molecule has 0 heterocycles. The fourth-order valence-electron chi connectivity index (χ4n) is 2.73. The van der Waals surface area contributed by atoms with Gasteiger partial charge in [-0.05, 0) is 42.0 Å². The van der Waals surface area contributed by atoms with E-state index in [0.717, 1.165) is 5.56 Å². The maximum atomic E-state index is 12.6. The minimum atomic E-state index is -0.531. The molecule has 5 nitrogen and oxygen atoms in total. The van der Waals surface area contributed by atoms with Gasteiger partial charge in [-0.1, -0.05) is 54.1 Å². The minimum Gasteiger partial charge on any atom is -0.493 e. The summed E-state index contributed by atoms with van der Waals surface area (Å²) in [5.74, 6) is 0.433. The lowest BCUT2D eigenvalue weighted by Gasteiger charge is -2.14. The second-order valence-corrected chi connectivity index (χ2v) is 6.72. The molecule has 3 aromatic rings. The summed E-state index contributed by atoms with van der Waals surface area (Å²) < 4.78 is 11.4. The molecule has 150 valence electrons. The largest absolute Gasteiger partial charge is 0.493 e. The van der Waals surface area contributed by atoms with Crippen molar-refractivity contribution in [2.75, 3.05) is 12.4 Å². The average Bonchev–Trinajstić information content (AvgIpc) is 2.78. The summed E-state index contributed by atoms with van der Waals surface area (Å²) in [5, 5.41) is 12.8. The molecule has 0 aliphatic carbocycles. The van der Waals surface area contributed by atoms with E-state index in [-0.39, 0.29) is 5.57 Å². The van der Waals surface area contributed by atoms with Gasteiger partial charge in [0.2, 0.25) is 0 Å². The van der Waals surface area contributed by atoms with E-state index in [1.165, 1.54) is 13.2 Å². The smallest absolute Gasteiger partial charge is 0.266 e. The topological polar surface area (TPSA) is 71.3 Å². The zero-order valence-corrected chi connectivity index (χ0v) is 17.0. The number of ether oxygens (including phenoxy) is 2. The number of hydrogen-bond acceptors (Lipinski definition) is 4. The van der Waals surface area contributed by atoms with Gasteiger partial charge in [0.05, 0.1) is 7.11 Å². The fourth-order valence-corrected chi connectivity index (χ4v) is 2.85. The third kappa shape index (κ3) is 5.40. The number of nitrogens with one attached hydrogen (secondary N) is 1. The Balaban J connectivity index is 1.86. The molecule has 3 aromatic carbocycles. The van der Waals surface area contributed by atoms with Crippen LogP contribution in [0.4, 0.5) is 5.69 Å². The van der Waals surface area contributed by atoms with Gasteiger partial charge in [0.25, 0.3) is 5.91 Å². The first kappa shape index (κ1) is 21.0. The second kappa shape index (κ2) is 10.1. The first-order valence-electron chi connectivity index (χ1n) is 9.13. The molecular weight excluding hydrogens is 400 g/mol. The van der Waals surface area contributed by atoms with Crippen LogP contribution in [0, 0.1) is 11.3 Å². The number of carbonyl (C=O) groups excluding carboxylic acids is 1. The summed E-state index contributed by atoms with van der Waals surface area (Å²) in [4.78, 5) is 12.6. The van der Waals surface area contributed by atoms with Gasteiger partial charge in [-0.2, -0.15) is 5.26 Å². The van der Waals surface area contributed by atoms with Crippen LogP contribution in [0.25, 0.3) is 6.08 Å². The molecule has 0 atom stereocenters. The third-order valence-corrected chi connectivity index (χ3v) is 4.47. The highest BCUT2D eigenvalue weighted by Gasteiger charge is 2.14. The van der Waals surface area contributed by atoms with Gasteiger partial charge in [-0.25, -0.2) is 0 Å². The van der Waals surface area contributed by atoms with E-state index in [1.54, 1.807) is 42.5 Å². The van der Waals surface area contributed by atoms with E-state index >= 15 is 0 Å². The van der Waals surface area contributed by atoms with Gasteiger partial charge in [0.1, 0.15) is 18.2 Å². The molecule has 30 heavy (non-hydrogen) atoms. The first-order chi connectivity index (χ1) is 14.6. The van der Waals surface area contributed by atoms with Gasteiger partial charge in [-0.3, -0.25) is 4.79 Å². The predicted octanol–water partition coefficient (Wildman–Crippen LogP) is 5.47. The van der Waals surface area contributed by atoms with Crippen LogP contribution in [-0.2, 0) is 11.4 Å². The van der Waals surface area contributed by atoms with E-state index in [0.29, 0.717) is 34.4 Å². The average molecular weight is 419 g/mol. The molecule has 0 saturated carbocycles. The third-order valence-electron chi connectivity index (χ3n) is 4.22. The Bertz CT molecular complexity index is 1090. The summed E-state index contributed by atoms with van der Waals surface area (Å²) in [6.45, 7) is 0.320. The second-order valence-electron chi connectivity index (χ2n) is 6.28. The highest BCUT2D eigenvalue weighted by molar-refractivity contribution is 6.30. The highest BCUT2D eigenvalue weighted by atomic mass is 35.5. The number of para-hydroxylation sites is 1. The van der Waals surface area contributed by atoms with Crippen molar-refractivity contribution in [3.63, 3.8) is 0 Å². The Hall–Kier alpha value is -3.75. The van der Waals surface area contributed by atoms with Crippen molar-refractivity contribution in [2.45, 2.75) is 6.61 Å². The number of methoxy groups -OCH3 is 1. The molecule has 6 heteroatoms. The highest BCUT2D eigenvalue weighted by Crippen LogP contribution is 2.33. The Labute approximate surface area is 180 Å². The molecule has 0 unspecified atom stereocenters. The number of halogens is 1. The van der Waals surface area contributed by atoms with Crippen LogP contribution in [-0.4, -0.2) is 13.0 Å². The van der Waals surface area contributed by atoms with Crippen molar-refractivity contribution in [2.24, 2.45) is 0 Å². The standard InChI is InChI=1S/C24H19ClN2O3/c1-29-22-9-5-8-18(23(22)30-16-17-6-3-2-4-7-17)14-19(15-26)24(28)27-21-12-10-20(25)11-13-21/h2-14H,16H2,1H3,(H,27,28)/b19-14+. The number of nitrogens with zero attached hydrogens (tertiary/aromatic N) is 1. The Morgan fingerprint density at radius 2 is 1.80 bits per heavy atom. The molecule has 1 N–H and O–H groups in total. The maximum Gasteiger partial charge on any atom is 0.266 e. The van der Waals surface area contributed by atoms with Crippen LogP contribution in [0.15, 0.2) is 78.4 Å². The predicted molar refractivity (Wildman–Crippen MR) is 117 cm³/mol. The van der Waals surface area contributed by atoms with Crippen molar-refractivity contribution in [1.29, 1.82) is 5.26 Å². The van der Waals surface area contributed by atoms with Crippen molar-refractivity contribution in [1.82, 2.24) is 0 Å². The zero-order valence-electron chi connectivity index (χ0n) is 16.3. The number of anilines is 1. The number of amides is 1. The molecule has 0 bridgehead atoms. The zero-order chi connectivity index (χ0) is 21.3. The van der Waals surface area contributed by atoms with Crippen LogP contribution in [0.3, 0.4) is 0 Å². The van der Waals surface area contributed by atoms with Gasteiger partial charge in [0, 0.05) is 16.3 Å². The molecule has 1 amide bonds. The lowest BCUT2D eigenvalue weighted by Crippen LogP contribution is -2.13. The number of hydrogen-bond donors (Lipinski definition) is 1. The van der Waals surface area contributed by atoms with Crippen LogP contribution in [0.5, 0.6) is 11.5 Å². The number of rotatable bonds is 7. The lowest BCUT2D eigenvalue weighted by molar-refractivity contribution is -0.112. The quantitative estimate of drug-likeness (QED) is 0.407. The van der Waals surface area contributed by atoms with Gasteiger partial charge in [0.15, 0.2) is 11.5 Å². The van der Waals surface area contributed by atoms with Gasteiger partial charge >= 0.3 is 0 Å². The van der Waals surface area contributed by atoms with E-state index in [2.05, 4.69) is 5.32 Å². The van der Waals surface area contributed by atoms with Crippen molar-refractivity contribution >= 4 is 29.3 Å². The Morgan fingerprint density at radius 3 is 2.47 bits per heavy atom. The van der Waals surface area contributed by atoms with E-state index < -0.39 is 5.91 Å².